The van der Waals surface area contributed by atoms with Crippen molar-refractivity contribution in [3.8, 4) is 0 Å². The van der Waals surface area contributed by atoms with Gasteiger partial charge >= 0.3 is 0 Å². The molecule has 0 radical (unpaired) electrons. The Kier molecular flexibility index (Phi) is 8.16. The molecule has 0 heterocycles. The van der Waals surface area contributed by atoms with Crippen molar-refractivity contribution in [3.05, 3.63) is 34.9 Å². The second kappa shape index (κ2) is 9.07. The van der Waals surface area contributed by atoms with Crippen LogP contribution in [-0.2, 0) is 6.54 Å². The first kappa shape index (κ1) is 18.0. The van der Waals surface area contributed by atoms with Gasteiger partial charge in [-0.25, -0.2) is 0 Å². The van der Waals surface area contributed by atoms with E-state index in [0.29, 0.717) is 5.41 Å². The number of nitrogens with zero attached hydrogens (tertiary/aromatic N) is 1. The van der Waals surface area contributed by atoms with Gasteiger partial charge in [0, 0.05) is 23.4 Å². The predicted octanol–water partition coefficient (Wildman–Crippen LogP) is 5.75. The van der Waals surface area contributed by atoms with Gasteiger partial charge in [-0.2, -0.15) is 0 Å². The molecule has 0 fully saturated rings. The van der Waals surface area contributed by atoms with Gasteiger partial charge in [-0.1, -0.05) is 66.4 Å². The molecule has 0 aliphatic heterocycles. The molecular weight excluding hydrogens is 334 g/mol. The van der Waals surface area contributed by atoms with Gasteiger partial charge in [-0.3, -0.25) is 0 Å². The molecule has 1 aromatic carbocycles. The van der Waals surface area contributed by atoms with Crippen molar-refractivity contribution < 1.29 is 0 Å². The molecule has 0 aliphatic rings. The Labute approximate surface area is 137 Å². The van der Waals surface area contributed by atoms with Crippen molar-refractivity contribution in [2.24, 2.45) is 5.41 Å². The maximum Gasteiger partial charge on any atom is 0.0406 e. The van der Waals surface area contributed by atoms with Gasteiger partial charge in [-0.05, 0) is 43.0 Å². The number of benzene rings is 1. The molecule has 0 saturated carbocycles. The van der Waals surface area contributed by atoms with Crippen LogP contribution < -0.4 is 0 Å². The molecule has 0 spiro atoms. The summed E-state index contributed by atoms with van der Waals surface area (Å²) >= 11 is 9.69. The molecule has 0 unspecified atom stereocenters. The number of hydrogen-bond donors (Lipinski definition) is 0. The molecule has 1 aromatic rings. The van der Waals surface area contributed by atoms with Gasteiger partial charge < -0.3 is 4.90 Å². The van der Waals surface area contributed by atoms with Crippen LogP contribution in [0.3, 0.4) is 0 Å². The van der Waals surface area contributed by atoms with Crippen LogP contribution in [0.15, 0.2) is 24.3 Å². The van der Waals surface area contributed by atoms with Crippen LogP contribution in [0.25, 0.3) is 0 Å². The third kappa shape index (κ3) is 5.75. The molecule has 0 saturated heterocycles. The molecule has 114 valence electrons. The Balaban J connectivity index is 2.65. The van der Waals surface area contributed by atoms with E-state index in [1.165, 1.54) is 31.2 Å². The number of rotatable bonds is 9. The maximum atomic E-state index is 5.94. The molecule has 0 amide bonds. The number of alkyl halides is 1. The number of halogens is 2. The third-order valence-corrected chi connectivity index (χ3v) is 5.26. The van der Waals surface area contributed by atoms with Crippen molar-refractivity contribution in [3.63, 3.8) is 0 Å². The second-order valence-electron chi connectivity index (χ2n) is 5.93. The molecule has 3 heteroatoms. The van der Waals surface area contributed by atoms with Crippen molar-refractivity contribution in [2.45, 2.75) is 46.1 Å². The van der Waals surface area contributed by atoms with Crippen molar-refractivity contribution in [1.29, 1.82) is 0 Å². The highest BCUT2D eigenvalue weighted by molar-refractivity contribution is 9.09. The Morgan fingerprint density at radius 3 is 2.10 bits per heavy atom. The van der Waals surface area contributed by atoms with Crippen molar-refractivity contribution in [1.82, 2.24) is 4.90 Å². The Hall–Kier alpha value is -0.0500. The molecule has 1 nitrogen and oxygen atoms in total. The lowest BCUT2D eigenvalue weighted by Gasteiger charge is -2.36. The first-order valence-corrected chi connectivity index (χ1v) is 9.04. The van der Waals surface area contributed by atoms with Crippen molar-refractivity contribution in [2.75, 3.05) is 18.9 Å². The minimum absolute atomic E-state index is 0.407. The van der Waals surface area contributed by atoms with Crippen LogP contribution in [0.4, 0.5) is 0 Å². The summed E-state index contributed by atoms with van der Waals surface area (Å²) < 4.78 is 0. The summed E-state index contributed by atoms with van der Waals surface area (Å²) in [6, 6.07) is 8.18. The third-order valence-electron chi connectivity index (χ3n) is 3.82. The minimum Gasteiger partial charge on any atom is -0.302 e. The zero-order valence-electron chi connectivity index (χ0n) is 13.0. The summed E-state index contributed by atoms with van der Waals surface area (Å²) in [5.41, 5.74) is 1.73. The van der Waals surface area contributed by atoms with Gasteiger partial charge in [0.15, 0.2) is 0 Å². The zero-order valence-corrected chi connectivity index (χ0v) is 15.3. The molecule has 0 bridgehead atoms. The summed E-state index contributed by atoms with van der Waals surface area (Å²) in [4.78, 5) is 2.44. The average Bonchev–Trinajstić information content (AvgIpc) is 2.42. The monoisotopic (exact) mass is 359 g/mol. The van der Waals surface area contributed by atoms with Crippen LogP contribution in [0, 0.1) is 5.41 Å². The summed E-state index contributed by atoms with van der Waals surface area (Å²) in [7, 11) is 2.22. The van der Waals surface area contributed by atoms with Gasteiger partial charge in [0.1, 0.15) is 0 Å². The molecule has 0 N–H and O–H groups in total. The fraction of sp³-hybridized carbons (Fsp3) is 0.647. The second-order valence-corrected chi connectivity index (χ2v) is 6.93. The van der Waals surface area contributed by atoms with E-state index in [9.17, 15) is 0 Å². The maximum absolute atomic E-state index is 5.94. The SMILES string of the molecule is CCCC(CBr)(CCC)CN(C)Cc1ccc(Cl)cc1. The lowest BCUT2D eigenvalue weighted by Crippen LogP contribution is -2.36. The van der Waals surface area contributed by atoms with Crippen LogP contribution in [0.5, 0.6) is 0 Å². The molecular formula is C17H27BrClN. The normalized spacial score (nSPS) is 12.1. The van der Waals surface area contributed by atoms with E-state index >= 15 is 0 Å². The smallest absolute Gasteiger partial charge is 0.0406 e. The Morgan fingerprint density at radius 1 is 1.10 bits per heavy atom. The highest BCUT2D eigenvalue weighted by Gasteiger charge is 2.28. The first-order valence-electron chi connectivity index (χ1n) is 7.54. The quantitative estimate of drug-likeness (QED) is 0.506. The molecule has 20 heavy (non-hydrogen) atoms. The molecule has 1 rings (SSSR count). The largest absolute Gasteiger partial charge is 0.302 e. The fourth-order valence-electron chi connectivity index (χ4n) is 3.05. The average molecular weight is 361 g/mol. The van der Waals surface area contributed by atoms with E-state index < -0.39 is 0 Å². The minimum atomic E-state index is 0.407. The standard InChI is InChI=1S/C17H27BrClN/c1-4-10-17(13-18,11-5-2)14-20(3)12-15-6-8-16(19)9-7-15/h6-9H,4-5,10-14H2,1-3H3. The Bertz CT molecular complexity index is 371. The zero-order chi connectivity index (χ0) is 15.0. The van der Waals surface area contributed by atoms with Crippen molar-refractivity contribution >= 4 is 27.5 Å². The summed E-state index contributed by atoms with van der Waals surface area (Å²) in [5, 5.41) is 1.90. The lowest BCUT2D eigenvalue weighted by atomic mass is 9.80. The van der Waals surface area contributed by atoms with Crippen LogP contribution >= 0.6 is 27.5 Å². The van der Waals surface area contributed by atoms with E-state index in [1.807, 2.05) is 12.1 Å². The van der Waals surface area contributed by atoms with E-state index in [1.54, 1.807) is 0 Å². The summed E-state index contributed by atoms with van der Waals surface area (Å²) in [5.74, 6) is 0. The fourth-order valence-corrected chi connectivity index (χ4v) is 3.91. The van der Waals surface area contributed by atoms with Crippen LogP contribution in [0.2, 0.25) is 5.02 Å². The summed E-state index contributed by atoms with van der Waals surface area (Å²) in [6.45, 7) is 6.69. The van der Waals surface area contributed by atoms with E-state index in [2.05, 4.69) is 53.9 Å². The number of hydrogen-bond acceptors (Lipinski definition) is 1. The highest BCUT2D eigenvalue weighted by Crippen LogP contribution is 2.33. The molecule has 0 aliphatic carbocycles. The van der Waals surface area contributed by atoms with Gasteiger partial charge in [0.25, 0.3) is 0 Å². The predicted molar refractivity (Wildman–Crippen MR) is 93.8 cm³/mol. The van der Waals surface area contributed by atoms with E-state index in [-0.39, 0.29) is 0 Å². The van der Waals surface area contributed by atoms with Gasteiger partial charge in [0.05, 0.1) is 0 Å². The lowest BCUT2D eigenvalue weighted by molar-refractivity contribution is 0.166. The van der Waals surface area contributed by atoms with E-state index in [4.69, 9.17) is 11.6 Å². The highest BCUT2D eigenvalue weighted by atomic mass is 79.9. The molecule has 0 aromatic heterocycles. The van der Waals surface area contributed by atoms with Gasteiger partial charge in [0.2, 0.25) is 0 Å². The van der Waals surface area contributed by atoms with Crippen LogP contribution in [0.1, 0.15) is 45.1 Å². The van der Waals surface area contributed by atoms with E-state index in [0.717, 1.165) is 23.4 Å². The van der Waals surface area contributed by atoms with Gasteiger partial charge in [-0.15, -0.1) is 0 Å². The van der Waals surface area contributed by atoms with Crippen LogP contribution in [-0.4, -0.2) is 23.8 Å². The summed E-state index contributed by atoms with van der Waals surface area (Å²) in [6.07, 6.45) is 5.08. The molecule has 0 atom stereocenters. The first-order chi connectivity index (χ1) is 9.55. The Morgan fingerprint density at radius 2 is 1.65 bits per heavy atom. The topological polar surface area (TPSA) is 3.24 Å².